The van der Waals surface area contributed by atoms with Crippen LogP contribution in [-0.2, 0) is 11.2 Å². The number of unbranched alkanes of at least 4 members (excludes halogenated alkanes) is 1. The Morgan fingerprint density at radius 2 is 2.00 bits per heavy atom. The summed E-state index contributed by atoms with van der Waals surface area (Å²) in [5.41, 5.74) is 0.956. The molecule has 6 nitrogen and oxygen atoms in total. The van der Waals surface area contributed by atoms with Crippen LogP contribution in [0.5, 0.6) is 0 Å². The SMILES string of the molecule is C=CCCCc1nc(-c2ccc(N(C)C)nc2)nn1C1CC(C)OC(C)C1. The van der Waals surface area contributed by atoms with Crippen LogP contribution in [0.1, 0.15) is 51.4 Å². The molecule has 1 aliphatic rings. The van der Waals surface area contributed by atoms with Crippen LogP contribution in [0.3, 0.4) is 0 Å². The quantitative estimate of drug-likeness (QED) is 0.544. The Kier molecular flexibility index (Phi) is 6.26. The first-order valence-electron chi connectivity index (χ1n) is 9.83. The molecule has 146 valence electrons. The Morgan fingerprint density at radius 1 is 1.26 bits per heavy atom. The molecule has 1 fully saturated rings. The minimum atomic E-state index is 0.244. The van der Waals surface area contributed by atoms with Crippen molar-refractivity contribution in [1.82, 2.24) is 19.7 Å². The summed E-state index contributed by atoms with van der Waals surface area (Å²) in [6.07, 6.45) is 9.18. The predicted molar refractivity (Wildman–Crippen MR) is 109 cm³/mol. The van der Waals surface area contributed by atoms with Crippen molar-refractivity contribution in [2.45, 2.75) is 64.2 Å². The molecule has 2 unspecified atom stereocenters. The average Bonchev–Trinajstić information content (AvgIpc) is 3.05. The third-order valence-corrected chi connectivity index (χ3v) is 4.99. The molecular weight excluding hydrogens is 338 g/mol. The Labute approximate surface area is 162 Å². The number of ether oxygens (including phenoxy) is 1. The van der Waals surface area contributed by atoms with Crippen molar-refractivity contribution in [2.24, 2.45) is 0 Å². The lowest BCUT2D eigenvalue weighted by Crippen LogP contribution is -2.32. The monoisotopic (exact) mass is 369 g/mol. The predicted octanol–water partition coefficient (Wildman–Crippen LogP) is 4.04. The van der Waals surface area contributed by atoms with E-state index in [1.54, 1.807) is 0 Å². The van der Waals surface area contributed by atoms with E-state index in [0.717, 1.165) is 55.1 Å². The van der Waals surface area contributed by atoms with Crippen molar-refractivity contribution in [3.05, 3.63) is 36.8 Å². The van der Waals surface area contributed by atoms with Crippen LogP contribution in [0, 0.1) is 0 Å². The Bertz CT molecular complexity index is 742. The molecule has 0 bridgehead atoms. The highest BCUT2D eigenvalue weighted by atomic mass is 16.5. The summed E-state index contributed by atoms with van der Waals surface area (Å²) in [5, 5.41) is 4.90. The molecule has 3 rings (SSSR count). The fourth-order valence-electron chi connectivity index (χ4n) is 3.70. The molecule has 27 heavy (non-hydrogen) atoms. The van der Waals surface area contributed by atoms with Gasteiger partial charge in [0.25, 0.3) is 0 Å². The second-order valence-corrected chi connectivity index (χ2v) is 7.66. The van der Waals surface area contributed by atoms with E-state index in [9.17, 15) is 0 Å². The molecule has 6 heteroatoms. The number of hydrogen-bond donors (Lipinski definition) is 0. The van der Waals surface area contributed by atoms with Gasteiger partial charge in [0.05, 0.1) is 18.2 Å². The second-order valence-electron chi connectivity index (χ2n) is 7.66. The molecule has 2 aromatic heterocycles. The third-order valence-electron chi connectivity index (χ3n) is 4.99. The number of hydrogen-bond acceptors (Lipinski definition) is 5. The summed E-state index contributed by atoms with van der Waals surface area (Å²) in [4.78, 5) is 11.4. The van der Waals surface area contributed by atoms with Crippen molar-refractivity contribution in [2.75, 3.05) is 19.0 Å². The minimum absolute atomic E-state index is 0.244. The molecule has 0 radical (unpaired) electrons. The van der Waals surface area contributed by atoms with Gasteiger partial charge in [-0.3, -0.25) is 0 Å². The molecule has 2 atom stereocenters. The van der Waals surface area contributed by atoms with Crippen LogP contribution in [0.4, 0.5) is 5.82 Å². The average molecular weight is 370 g/mol. The largest absolute Gasteiger partial charge is 0.375 e. The van der Waals surface area contributed by atoms with Crippen molar-refractivity contribution in [1.29, 1.82) is 0 Å². The number of aryl methyl sites for hydroxylation is 1. The van der Waals surface area contributed by atoms with Crippen LogP contribution in [0.25, 0.3) is 11.4 Å². The van der Waals surface area contributed by atoms with Crippen LogP contribution in [-0.4, -0.2) is 46.1 Å². The van der Waals surface area contributed by atoms with Gasteiger partial charge < -0.3 is 9.64 Å². The molecule has 0 spiro atoms. The summed E-state index contributed by atoms with van der Waals surface area (Å²) in [5.74, 6) is 2.74. The molecule has 1 saturated heterocycles. The number of anilines is 1. The molecular formula is C21H31N5O. The van der Waals surface area contributed by atoms with Crippen molar-refractivity contribution >= 4 is 5.82 Å². The van der Waals surface area contributed by atoms with E-state index < -0.39 is 0 Å². The molecule has 2 aromatic rings. The van der Waals surface area contributed by atoms with Gasteiger partial charge in [-0.05, 0) is 51.7 Å². The Hall–Kier alpha value is -2.21. The number of pyridine rings is 1. The van der Waals surface area contributed by atoms with Crippen LogP contribution >= 0.6 is 0 Å². The Morgan fingerprint density at radius 3 is 2.59 bits per heavy atom. The molecule has 0 aromatic carbocycles. The first-order chi connectivity index (χ1) is 13.0. The second kappa shape index (κ2) is 8.65. The van der Waals surface area contributed by atoms with Crippen LogP contribution in [0.2, 0.25) is 0 Å². The first kappa shape index (κ1) is 19.5. The lowest BCUT2D eigenvalue weighted by atomic mass is 10.00. The van der Waals surface area contributed by atoms with Gasteiger partial charge in [-0.15, -0.1) is 6.58 Å². The number of nitrogens with zero attached hydrogens (tertiary/aromatic N) is 5. The summed E-state index contributed by atoms with van der Waals surface area (Å²) in [7, 11) is 3.97. The molecule has 1 aliphatic heterocycles. The summed E-state index contributed by atoms with van der Waals surface area (Å²) in [6.45, 7) is 8.11. The zero-order valence-electron chi connectivity index (χ0n) is 16.9. The van der Waals surface area contributed by atoms with Crippen LogP contribution < -0.4 is 4.90 Å². The molecule has 0 aliphatic carbocycles. The lowest BCUT2D eigenvalue weighted by molar-refractivity contribution is -0.0511. The topological polar surface area (TPSA) is 56.1 Å². The van der Waals surface area contributed by atoms with E-state index in [0.29, 0.717) is 6.04 Å². The standard InChI is InChI=1S/C21H31N5O/c1-6-7-8-9-20-23-21(17-10-11-19(22-14-17)25(4)5)24-26(20)18-12-15(2)27-16(3)13-18/h6,10-11,14-16,18H,1,7-9,12-13H2,2-5H3. The highest BCUT2D eigenvalue weighted by Crippen LogP contribution is 2.30. The zero-order chi connectivity index (χ0) is 19.4. The van der Waals surface area contributed by atoms with Crippen molar-refractivity contribution in [3.8, 4) is 11.4 Å². The van der Waals surface area contributed by atoms with Gasteiger partial charge in [0.15, 0.2) is 5.82 Å². The van der Waals surface area contributed by atoms with E-state index in [-0.39, 0.29) is 12.2 Å². The first-order valence-corrected chi connectivity index (χ1v) is 9.83. The normalized spacial score (nSPS) is 22.6. The fourth-order valence-corrected chi connectivity index (χ4v) is 3.70. The third kappa shape index (κ3) is 4.75. The van der Waals surface area contributed by atoms with Gasteiger partial charge in [0, 0.05) is 32.3 Å². The van der Waals surface area contributed by atoms with Crippen molar-refractivity contribution in [3.63, 3.8) is 0 Å². The van der Waals surface area contributed by atoms with Gasteiger partial charge in [0.1, 0.15) is 11.6 Å². The highest BCUT2D eigenvalue weighted by Gasteiger charge is 2.28. The number of aromatic nitrogens is 4. The Balaban J connectivity index is 1.89. The smallest absolute Gasteiger partial charge is 0.182 e. The maximum absolute atomic E-state index is 5.91. The molecule has 3 heterocycles. The van der Waals surface area contributed by atoms with Crippen molar-refractivity contribution < 1.29 is 4.74 Å². The lowest BCUT2D eigenvalue weighted by Gasteiger charge is -2.32. The minimum Gasteiger partial charge on any atom is -0.375 e. The van der Waals surface area contributed by atoms with E-state index >= 15 is 0 Å². The highest BCUT2D eigenvalue weighted by molar-refractivity contribution is 5.56. The van der Waals surface area contributed by atoms with Gasteiger partial charge in [-0.2, -0.15) is 5.10 Å². The van der Waals surface area contributed by atoms with Gasteiger partial charge in [0.2, 0.25) is 0 Å². The maximum Gasteiger partial charge on any atom is 0.182 e. The van der Waals surface area contributed by atoms with Gasteiger partial charge >= 0.3 is 0 Å². The fraction of sp³-hybridized carbons (Fsp3) is 0.571. The van der Waals surface area contributed by atoms with Gasteiger partial charge in [-0.25, -0.2) is 14.6 Å². The molecule has 0 saturated carbocycles. The summed E-state index contributed by atoms with van der Waals surface area (Å²) >= 11 is 0. The van der Waals surface area contributed by atoms with Gasteiger partial charge in [-0.1, -0.05) is 6.08 Å². The van der Waals surface area contributed by atoms with Crippen LogP contribution in [0.15, 0.2) is 31.0 Å². The molecule has 0 N–H and O–H groups in total. The van der Waals surface area contributed by atoms with E-state index in [1.165, 1.54) is 0 Å². The number of allylic oxidation sites excluding steroid dienone is 1. The number of rotatable bonds is 7. The van der Waals surface area contributed by atoms with E-state index in [1.807, 2.05) is 43.4 Å². The molecule has 0 amide bonds. The maximum atomic E-state index is 5.91. The summed E-state index contributed by atoms with van der Waals surface area (Å²) < 4.78 is 8.06. The summed E-state index contributed by atoms with van der Waals surface area (Å²) in [6, 6.07) is 4.38. The van der Waals surface area contributed by atoms with E-state index in [2.05, 4.69) is 30.1 Å². The van der Waals surface area contributed by atoms with E-state index in [4.69, 9.17) is 14.8 Å². The zero-order valence-corrected chi connectivity index (χ0v) is 16.9.